The van der Waals surface area contributed by atoms with Crippen molar-refractivity contribution in [2.45, 2.75) is 38.0 Å². The first-order valence-corrected chi connectivity index (χ1v) is 11.9. The Hall–Kier alpha value is -3.94. The second kappa shape index (κ2) is 9.74. The maximum Gasteiger partial charge on any atom is 0.251 e. The topological polar surface area (TPSA) is 92.7 Å². The molecule has 1 amide bonds. The van der Waals surface area contributed by atoms with Crippen molar-refractivity contribution in [1.29, 1.82) is 0 Å². The average Bonchev–Trinajstić information content (AvgIpc) is 3.74. The van der Waals surface area contributed by atoms with Crippen LogP contribution >= 0.6 is 0 Å². The van der Waals surface area contributed by atoms with Gasteiger partial charge in [-0.3, -0.25) is 14.8 Å². The Bertz CT molecular complexity index is 1390. The highest BCUT2D eigenvalue weighted by Crippen LogP contribution is 2.39. The minimum atomic E-state index is -0.449. The number of nitrogens with one attached hydrogen (secondary N) is 2. The van der Waals surface area contributed by atoms with Crippen LogP contribution in [-0.4, -0.2) is 39.4 Å². The van der Waals surface area contributed by atoms with Gasteiger partial charge in [-0.25, -0.2) is 14.4 Å². The first-order valence-electron chi connectivity index (χ1n) is 11.9. The van der Waals surface area contributed by atoms with Crippen molar-refractivity contribution in [2.75, 3.05) is 18.9 Å². The molecule has 3 aromatic heterocycles. The molecule has 1 saturated carbocycles. The zero-order valence-corrected chi connectivity index (χ0v) is 19.8. The summed E-state index contributed by atoms with van der Waals surface area (Å²) >= 11 is 0. The van der Waals surface area contributed by atoms with Crippen molar-refractivity contribution >= 4 is 22.6 Å². The van der Waals surface area contributed by atoms with Crippen molar-refractivity contribution in [3.8, 4) is 11.3 Å². The number of amides is 1. The van der Waals surface area contributed by atoms with Crippen molar-refractivity contribution in [1.82, 2.24) is 25.3 Å². The van der Waals surface area contributed by atoms with Gasteiger partial charge in [0.15, 0.2) is 0 Å². The Morgan fingerprint density at radius 2 is 1.91 bits per heavy atom. The molecule has 0 spiro atoms. The lowest BCUT2D eigenvalue weighted by Gasteiger charge is -2.16. The van der Waals surface area contributed by atoms with Gasteiger partial charge in [0.1, 0.15) is 18.0 Å². The maximum absolute atomic E-state index is 14.7. The predicted molar refractivity (Wildman–Crippen MR) is 134 cm³/mol. The van der Waals surface area contributed by atoms with Gasteiger partial charge >= 0.3 is 0 Å². The number of carbonyl (C=O) groups excluding carboxylic acids is 1. The molecule has 3 heterocycles. The highest BCUT2D eigenvalue weighted by atomic mass is 19.1. The van der Waals surface area contributed by atoms with Crippen LogP contribution in [0, 0.1) is 5.82 Å². The number of hydrogen-bond donors (Lipinski definition) is 2. The van der Waals surface area contributed by atoms with E-state index in [2.05, 4.69) is 43.6 Å². The Labute approximate surface area is 203 Å². The van der Waals surface area contributed by atoms with Crippen LogP contribution in [0.1, 0.15) is 59.6 Å². The van der Waals surface area contributed by atoms with Gasteiger partial charge in [0.2, 0.25) is 0 Å². The lowest BCUT2D eigenvalue weighted by molar-refractivity contribution is 0.0964. The van der Waals surface area contributed by atoms with E-state index in [1.165, 1.54) is 26.0 Å². The molecule has 7 nitrogen and oxygen atoms in total. The molecule has 178 valence electrons. The summed E-state index contributed by atoms with van der Waals surface area (Å²) in [6, 6.07) is 10.7. The SMILES string of the molecule is CNC(=O)c1ccnc2c(C(C)CCNc3cc(-c4ccnc(C5CC5)c4)ncn3)ccc(F)c12. The van der Waals surface area contributed by atoms with Crippen LogP contribution in [0.15, 0.2) is 55.1 Å². The van der Waals surface area contributed by atoms with Crippen LogP contribution in [-0.2, 0) is 0 Å². The minimum absolute atomic E-state index is 0.0839. The molecule has 1 unspecified atom stereocenters. The van der Waals surface area contributed by atoms with Crippen molar-refractivity contribution in [2.24, 2.45) is 0 Å². The Morgan fingerprint density at radius 3 is 2.71 bits per heavy atom. The predicted octanol–water partition coefficient (Wildman–Crippen LogP) is 5.07. The average molecular weight is 471 g/mol. The largest absolute Gasteiger partial charge is 0.370 e. The number of hydrogen-bond acceptors (Lipinski definition) is 6. The summed E-state index contributed by atoms with van der Waals surface area (Å²) < 4.78 is 14.7. The third-order valence-corrected chi connectivity index (χ3v) is 6.50. The van der Waals surface area contributed by atoms with E-state index < -0.39 is 5.82 Å². The molecular weight excluding hydrogens is 443 g/mol. The van der Waals surface area contributed by atoms with Gasteiger partial charge in [0, 0.05) is 54.6 Å². The molecule has 0 saturated heterocycles. The van der Waals surface area contributed by atoms with Gasteiger partial charge in [0.25, 0.3) is 5.91 Å². The van der Waals surface area contributed by atoms with Crippen LogP contribution in [0.5, 0.6) is 0 Å². The fraction of sp³-hybridized carbons (Fsp3) is 0.296. The monoisotopic (exact) mass is 470 g/mol. The fourth-order valence-corrected chi connectivity index (χ4v) is 4.36. The smallest absolute Gasteiger partial charge is 0.251 e. The van der Waals surface area contributed by atoms with Gasteiger partial charge in [-0.05, 0) is 55.0 Å². The second-order valence-electron chi connectivity index (χ2n) is 8.95. The highest BCUT2D eigenvalue weighted by Gasteiger charge is 2.25. The summed E-state index contributed by atoms with van der Waals surface area (Å²) in [5, 5.41) is 6.21. The van der Waals surface area contributed by atoms with Gasteiger partial charge < -0.3 is 10.6 Å². The lowest BCUT2D eigenvalue weighted by atomic mass is 9.93. The number of nitrogens with zero attached hydrogens (tertiary/aromatic N) is 4. The zero-order chi connectivity index (χ0) is 24.4. The van der Waals surface area contributed by atoms with E-state index in [-0.39, 0.29) is 22.8 Å². The summed E-state index contributed by atoms with van der Waals surface area (Å²) in [6.45, 7) is 2.74. The Morgan fingerprint density at radius 1 is 1.09 bits per heavy atom. The van der Waals surface area contributed by atoms with Crippen LogP contribution in [0.4, 0.5) is 10.2 Å². The summed E-state index contributed by atoms with van der Waals surface area (Å²) in [7, 11) is 1.53. The lowest BCUT2D eigenvalue weighted by Crippen LogP contribution is -2.19. The first kappa shape index (κ1) is 22.8. The molecule has 2 N–H and O–H groups in total. The van der Waals surface area contributed by atoms with E-state index in [0.717, 1.165) is 34.8 Å². The summed E-state index contributed by atoms with van der Waals surface area (Å²) in [6.07, 6.45) is 8.14. The Balaban J connectivity index is 1.30. The summed E-state index contributed by atoms with van der Waals surface area (Å²) in [5.74, 6) is 0.632. The number of carbonyl (C=O) groups is 1. The van der Waals surface area contributed by atoms with Crippen LogP contribution in [0.25, 0.3) is 22.2 Å². The van der Waals surface area contributed by atoms with Gasteiger partial charge in [-0.2, -0.15) is 0 Å². The molecule has 1 fully saturated rings. The van der Waals surface area contributed by atoms with E-state index in [4.69, 9.17) is 0 Å². The third kappa shape index (κ3) is 4.82. The van der Waals surface area contributed by atoms with Crippen molar-refractivity contribution < 1.29 is 9.18 Å². The first-order chi connectivity index (χ1) is 17.0. The summed E-state index contributed by atoms with van der Waals surface area (Å²) in [5.41, 5.74) is 4.74. The normalized spacial score (nSPS) is 14.0. The minimum Gasteiger partial charge on any atom is -0.370 e. The molecular formula is C27H27FN6O. The van der Waals surface area contributed by atoms with Gasteiger partial charge in [-0.15, -0.1) is 0 Å². The molecule has 1 atom stereocenters. The number of aromatic nitrogens is 4. The Kier molecular flexibility index (Phi) is 6.35. The second-order valence-corrected chi connectivity index (χ2v) is 8.95. The van der Waals surface area contributed by atoms with Gasteiger partial charge in [0.05, 0.1) is 16.8 Å². The van der Waals surface area contributed by atoms with Crippen LogP contribution in [0.3, 0.4) is 0 Å². The van der Waals surface area contributed by atoms with E-state index in [1.54, 1.807) is 24.7 Å². The standard InChI is InChI=1S/C27H27FN6O/c1-16(19-5-6-21(28)25-20(27(35)29-2)9-12-32-26(19)25)7-10-31-24-14-23(33-15-34-24)18-8-11-30-22(13-18)17-3-4-17/h5-6,8-9,11-17H,3-4,7,10H2,1-2H3,(H,29,35)(H,31,33,34). The molecule has 0 radical (unpaired) electrons. The molecule has 5 rings (SSSR count). The number of anilines is 1. The maximum atomic E-state index is 14.7. The molecule has 35 heavy (non-hydrogen) atoms. The number of halogens is 1. The molecule has 0 aliphatic heterocycles. The highest BCUT2D eigenvalue weighted by molar-refractivity contribution is 6.06. The van der Waals surface area contributed by atoms with E-state index in [1.807, 2.05) is 18.3 Å². The molecule has 0 bridgehead atoms. The number of rotatable bonds is 8. The quantitative estimate of drug-likeness (QED) is 0.374. The zero-order valence-electron chi connectivity index (χ0n) is 19.8. The summed E-state index contributed by atoms with van der Waals surface area (Å²) in [4.78, 5) is 29.9. The molecule has 1 aliphatic carbocycles. The van der Waals surface area contributed by atoms with E-state index in [0.29, 0.717) is 18.0 Å². The molecule has 1 aliphatic rings. The van der Waals surface area contributed by atoms with Crippen molar-refractivity contribution in [3.05, 3.63) is 77.8 Å². The number of benzene rings is 1. The number of pyridine rings is 2. The molecule has 1 aromatic carbocycles. The van der Waals surface area contributed by atoms with Crippen molar-refractivity contribution in [3.63, 3.8) is 0 Å². The number of fused-ring (bicyclic) bond motifs is 1. The molecule has 4 aromatic rings. The van der Waals surface area contributed by atoms with Gasteiger partial charge in [-0.1, -0.05) is 13.0 Å². The van der Waals surface area contributed by atoms with Crippen LogP contribution in [0.2, 0.25) is 0 Å². The van der Waals surface area contributed by atoms with E-state index >= 15 is 0 Å². The van der Waals surface area contributed by atoms with E-state index in [9.17, 15) is 9.18 Å². The fourth-order valence-electron chi connectivity index (χ4n) is 4.36. The molecule has 8 heteroatoms. The van der Waals surface area contributed by atoms with Crippen LogP contribution < -0.4 is 10.6 Å². The third-order valence-electron chi connectivity index (χ3n) is 6.50.